The quantitative estimate of drug-likeness (QED) is 0.474. The molecule has 1 fully saturated rings. The van der Waals surface area contributed by atoms with Crippen molar-refractivity contribution >= 4 is 18.0 Å². The molecule has 0 aliphatic heterocycles. The number of carbonyl (C=O) groups is 3. The first-order valence-electron chi connectivity index (χ1n) is 11.7. The Morgan fingerprint density at radius 3 is 2.26 bits per heavy atom. The summed E-state index contributed by atoms with van der Waals surface area (Å²) in [5.41, 5.74) is 4.65. The summed E-state index contributed by atoms with van der Waals surface area (Å²) in [6, 6.07) is 15.0. The maximum Gasteiger partial charge on any atom is 0.407 e. The molecule has 2 unspecified atom stereocenters. The van der Waals surface area contributed by atoms with Crippen molar-refractivity contribution in [1.29, 1.82) is 0 Å². The van der Waals surface area contributed by atoms with Gasteiger partial charge in [-0.05, 0) is 47.4 Å². The number of carbonyl (C=O) groups excluding carboxylic acids is 2. The van der Waals surface area contributed by atoms with E-state index in [9.17, 15) is 14.4 Å². The second kappa shape index (κ2) is 10.7. The number of aliphatic hydroxyl groups is 1. The van der Waals surface area contributed by atoms with E-state index in [2.05, 4.69) is 34.9 Å². The lowest BCUT2D eigenvalue weighted by Crippen LogP contribution is -2.47. The van der Waals surface area contributed by atoms with Crippen LogP contribution in [0.3, 0.4) is 0 Å². The molecule has 180 valence electrons. The summed E-state index contributed by atoms with van der Waals surface area (Å²) in [6.45, 7) is -0.0172. The van der Waals surface area contributed by atoms with Gasteiger partial charge in [0.2, 0.25) is 5.91 Å². The number of carboxylic acid groups (broad SMARTS) is 1. The number of hydrogen-bond donors (Lipinski definition) is 4. The van der Waals surface area contributed by atoms with E-state index in [0.29, 0.717) is 19.4 Å². The summed E-state index contributed by atoms with van der Waals surface area (Å²) in [5, 5.41) is 23.4. The van der Waals surface area contributed by atoms with Crippen molar-refractivity contribution in [1.82, 2.24) is 10.6 Å². The minimum Gasteiger partial charge on any atom is -0.480 e. The molecule has 2 aromatic carbocycles. The summed E-state index contributed by atoms with van der Waals surface area (Å²) in [4.78, 5) is 35.9. The summed E-state index contributed by atoms with van der Waals surface area (Å²) >= 11 is 0. The van der Waals surface area contributed by atoms with E-state index in [1.54, 1.807) is 0 Å². The van der Waals surface area contributed by atoms with Crippen molar-refractivity contribution < 1.29 is 29.3 Å². The first kappa shape index (κ1) is 23.8. The highest BCUT2D eigenvalue weighted by Gasteiger charge is 2.31. The molecule has 0 spiro atoms. The molecular formula is C26H30N2O6. The van der Waals surface area contributed by atoms with E-state index < -0.39 is 24.7 Å². The zero-order valence-electron chi connectivity index (χ0n) is 18.9. The fourth-order valence-corrected chi connectivity index (χ4v) is 5.07. The molecule has 0 saturated heterocycles. The molecule has 8 nitrogen and oxygen atoms in total. The van der Waals surface area contributed by atoms with Crippen LogP contribution in [0.5, 0.6) is 0 Å². The molecule has 3 atom stereocenters. The van der Waals surface area contributed by atoms with Crippen molar-refractivity contribution in [3.05, 3.63) is 59.7 Å². The maximum absolute atomic E-state index is 12.4. The number of alkyl carbamates (subject to hydrolysis) is 1. The second-order valence-electron chi connectivity index (χ2n) is 9.02. The molecule has 0 aromatic heterocycles. The predicted molar refractivity (Wildman–Crippen MR) is 125 cm³/mol. The Hall–Kier alpha value is -3.39. The van der Waals surface area contributed by atoms with E-state index >= 15 is 0 Å². The zero-order valence-corrected chi connectivity index (χ0v) is 18.9. The minimum atomic E-state index is -1.30. The Morgan fingerprint density at radius 2 is 1.65 bits per heavy atom. The van der Waals surface area contributed by atoms with Crippen LogP contribution in [0.15, 0.2) is 48.5 Å². The zero-order chi connectivity index (χ0) is 24.1. The van der Waals surface area contributed by atoms with E-state index in [0.717, 1.165) is 24.0 Å². The molecule has 0 heterocycles. The van der Waals surface area contributed by atoms with Crippen LogP contribution in [0.2, 0.25) is 0 Å². The molecule has 34 heavy (non-hydrogen) atoms. The molecule has 0 radical (unpaired) electrons. The van der Waals surface area contributed by atoms with Gasteiger partial charge in [-0.15, -0.1) is 0 Å². The van der Waals surface area contributed by atoms with Crippen molar-refractivity contribution in [2.24, 2.45) is 11.8 Å². The molecule has 2 aliphatic rings. The lowest BCUT2D eigenvalue weighted by molar-refractivity contribution is -0.143. The molecule has 1 saturated carbocycles. The average molecular weight is 467 g/mol. The molecule has 2 amide bonds. The average Bonchev–Trinajstić information content (AvgIpc) is 3.18. The number of benzene rings is 2. The van der Waals surface area contributed by atoms with Crippen molar-refractivity contribution in [2.75, 3.05) is 19.8 Å². The number of aliphatic carboxylic acids is 1. The van der Waals surface area contributed by atoms with Crippen molar-refractivity contribution in [2.45, 2.75) is 37.6 Å². The number of nitrogens with one attached hydrogen (secondary N) is 2. The van der Waals surface area contributed by atoms with Gasteiger partial charge in [-0.2, -0.15) is 0 Å². The topological polar surface area (TPSA) is 125 Å². The molecule has 2 aliphatic carbocycles. The Kier molecular flexibility index (Phi) is 7.47. The highest BCUT2D eigenvalue weighted by atomic mass is 16.5. The van der Waals surface area contributed by atoms with Crippen molar-refractivity contribution in [3.8, 4) is 11.1 Å². The molecule has 0 bridgehead atoms. The molecule has 8 heteroatoms. The van der Waals surface area contributed by atoms with Gasteiger partial charge in [0.1, 0.15) is 12.6 Å². The fraction of sp³-hybridized carbons (Fsp3) is 0.423. The Labute approximate surface area is 198 Å². The van der Waals surface area contributed by atoms with E-state index in [4.69, 9.17) is 14.9 Å². The van der Waals surface area contributed by atoms with Gasteiger partial charge in [-0.1, -0.05) is 55.0 Å². The second-order valence-corrected chi connectivity index (χ2v) is 9.02. The lowest BCUT2D eigenvalue weighted by atomic mass is 9.81. The van der Waals surface area contributed by atoms with Crippen LogP contribution in [-0.2, 0) is 14.3 Å². The third-order valence-corrected chi connectivity index (χ3v) is 6.83. The number of fused-ring (bicyclic) bond motifs is 3. The third kappa shape index (κ3) is 5.22. The van der Waals surface area contributed by atoms with Gasteiger partial charge in [0.15, 0.2) is 0 Å². The normalized spacial score (nSPS) is 20.0. The molecular weight excluding hydrogens is 436 g/mol. The first-order chi connectivity index (χ1) is 16.5. The highest BCUT2D eigenvalue weighted by Crippen LogP contribution is 2.44. The lowest BCUT2D eigenvalue weighted by Gasteiger charge is -2.29. The smallest absolute Gasteiger partial charge is 0.407 e. The van der Waals surface area contributed by atoms with Gasteiger partial charge in [0, 0.05) is 18.4 Å². The van der Waals surface area contributed by atoms with E-state index in [1.165, 1.54) is 11.1 Å². The van der Waals surface area contributed by atoms with Crippen LogP contribution in [0.1, 0.15) is 42.7 Å². The van der Waals surface area contributed by atoms with Crippen LogP contribution in [0.25, 0.3) is 11.1 Å². The van der Waals surface area contributed by atoms with Gasteiger partial charge in [-0.25, -0.2) is 9.59 Å². The Morgan fingerprint density at radius 1 is 1.00 bits per heavy atom. The van der Waals surface area contributed by atoms with E-state index in [-0.39, 0.29) is 30.3 Å². The van der Waals surface area contributed by atoms with Crippen LogP contribution >= 0.6 is 0 Å². The Bertz CT molecular complexity index is 1010. The fourth-order valence-electron chi connectivity index (χ4n) is 5.07. The van der Waals surface area contributed by atoms with E-state index in [1.807, 2.05) is 24.3 Å². The number of aliphatic hydroxyl groups excluding tert-OH is 1. The molecule has 2 aromatic rings. The SMILES string of the molecule is O=C(NCC1CCCC(C(=O)N[C@@H](CO)C(=O)O)C1)OCC1c2ccccc2-c2ccccc21. The minimum absolute atomic E-state index is 0.00499. The first-order valence-corrected chi connectivity index (χ1v) is 11.7. The Balaban J connectivity index is 1.27. The van der Waals surface area contributed by atoms with Gasteiger partial charge < -0.3 is 25.6 Å². The molecule has 4 rings (SSSR count). The van der Waals surface area contributed by atoms with Gasteiger partial charge >= 0.3 is 12.1 Å². The summed E-state index contributed by atoms with van der Waals surface area (Å²) in [6.07, 6.45) is 2.40. The van der Waals surface area contributed by atoms with Gasteiger partial charge in [-0.3, -0.25) is 4.79 Å². The van der Waals surface area contributed by atoms with Crippen LogP contribution in [-0.4, -0.2) is 54.0 Å². The predicted octanol–water partition coefficient (Wildman–Crippen LogP) is 2.89. The summed E-state index contributed by atoms with van der Waals surface area (Å²) < 4.78 is 5.58. The monoisotopic (exact) mass is 466 g/mol. The third-order valence-electron chi connectivity index (χ3n) is 6.83. The largest absolute Gasteiger partial charge is 0.480 e. The standard InChI is InChI=1S/C26H30N2O6/c29-14-23(25(31)32)28-24(30)17-7-5-6-16(12-17)13-27-26(33)34-15-22-20-10-3-1-8-18(20)19-9-2-4-11-21(19)22/h1-4,8-11,16-17,22-23,29H,5-7,12-15H2,(H,27,33)(H,28,30)(H,31,32)/t16?,17?,23-/m0/s1. The maximum atomic E-state index is 12.4. The number of rotatable bonds is 8. The molecule has 4 N–H and O–H groups in total. The van der Waals surface area contributed by atoms with Gasteiger partial charge in [0.05, 0.1) is 6.61 Å². The number of amides is 2. The summed E-state index contributed by atoms with van der Waals surface area (Å²) in [5.74, 6) is -1.87. The summed E-state index contributed by atoms with van der Waals surface area (Å²) in [7, 11) is 0. The van der Waals surface area contributed by atoms with Crippen LogP contribution in [0, 0.1) is 11.8 Å². The van der Waals surface area contributed by atoms with Crippen LogP contribution in [0.4, 0.5) is 4.79 Å². The highest BCUT2D eigenvalue weighted by molar-refractivity contribution is 5.85. The van der Waals surface area contributed by atoms with Crippen LogP contribution < -0.4 is 10.6 Å². The number of hydrogen-bond acceptors (Lipinski definition) is 5. The number of ether oxygens (including phenoxy) is 1. The number of carboxylic acids is 1. The van der Waals surface area contributed by atoms with Gasteiger partial charge in [0.25, 0.3) is 0 Å². The van der Waals surface area contributed by atoms with Crippen molar-refractivity contribution in [3.63, 3.8) is 0 Å².